The first kappa shape index (κ1) is 12.0. The molecule has 0 bridgehead atoms. The van der Waals surface area contributed by atoms with Crippen molar-refractivity contribution >= 4 is 27.6 Å². The molecule has 0 spiro atoms. The molecule has 4 aromatic rings. The molecule has 3 heterocycles. The lowest BCUT2D eigenvalue weighted by atomic mass is 10.1. The fourth-order valence-corrected chi connectivity index (χ4v) is 2.85. The van der Waals surface area contributed by atoms with E-state index in [1.54, 1.807) is 6.20 Å². The van der Waals surface area contributed by atoms with E-state index in [0.29, 0.717) is 5.82 Å². The van der Waals surface area contributed by atoms with Gasteiger partial charge in [-0.3, -0.25) is 5.10 Å². The molecule has 5 heteroatoms. The fraction of sp³-hybridized carbons (Fsp3) is 0.125. The monoisotopic (exact) mass is 277 g/mol. The SMILES string of the molecule is Cc1[nH]c2c(c(N)nc3cc(-c4ccn[nH]4)ccc32)c1C. The van der Waals surface area contributed by atoms with Crippen LogP contribution in [-0.2, 0) is 0 Å². The minimum Gasteiger partial charge on any atom is -0.383 e. The molecule has 0 aliphatic rings. The Balaban J connectivity index is 2.08. The Kier molecular flexibility index (Phi) is 2.33. The smallest absolute Gasteiger partial charge is 0.133 e. The third kappa shape index (κ3) is 1.64. The highest BCUT2D eigenvalue weighted by molar-refractivity contribution is 6.10. The summed E-state index contributed by atoms with van der Waals surface area (Å²) in [4.78, 5) is 8.00. The lowest BCUT2D eigenvalue weighted by Crippen LogP contribution is -1.93. The van der Waals surface area contributed by atoms with E-state index in [-0.39, 0.29) is 0 Å². The van der Waals surface area contributed by atoms with Gasteiger partial charge in [-0.15, -0.1) is 0 Å². The van der Waals surface area contributed by atoms with Crippen LogP contribution in [-0.4, -0.2) is 20.2 Å². The molecule has 21 heavy (non-hydrogen) atoms. The van der Waals surface area contributed by atoms with Gasteiger partial charge in [0, 0.05) is 28.2 Å². The van der Waals surface area contributed by atoms with Crippen molar-refractivity contribution in [2.24, 2.45) is 0 Å². The molecule has 5 nitrogen and oxygen atoms in total. The zero-order valence-corrected chi connectivity index (χ0v) is 11.9. The summed E-state index contributed by atoms with van der Waals surface area (Å²) in [5, 5.41) is 9.06. The Bertz CT molecular complexity index is 964. The van der Waals surface area contributed by atoms with E-state index in [4.69, 9.17) is 5.73 Å². The van der Waals surface area contributed by atoms with E-state index in [9.17, 15) is 0 Å². The average molecular weight is 277 g/mol. The highest BCUT2D eigenvalue weighted by atomic mass is 15.1. The van der Waals surface area contributed by atoms with Crippen LogP contribution in [0.4, 0.5) is 5.82 Å². The van der Waals surface area contributed by atoms with Crippen molar-refractivity contribution in [3.8, 4) is 11.3 Å². The average Bonchev–Trinajstić information content (AvgIpc) is 3.08. The van der Waals surface area contributed by atoms with Gasteiger partial charge in [-0.1, -0.05) is 12.1 Å². The lowest BCUT2D eigenvalue weighted by Gasteiger charge is -2.05. The van der Waals surface area contributed by atoms with Crippen molar-refractivity contribution in [2.45, 2.75) is 13.8 Å². The largest absolute Gasteiger partial charge is 0.383 e. The number of pyridine rings is 1. The van der Waals surface area contributed by atoms with Gasteiger partial charge in [-0.2, -0.15) is 5.10 Å². The number of nitrogen functional groups attached to an aromatic ring is 1. The highest BCUT2D eigenvalue weighted by Gasteiger charge is 2.13. The number of aromatic nitrogens is 4. The summed E-state index contributed by atoms with van der Waals surface area (Å²) in [5.41, 5.74) is 12.4. The summed E-state index contributed by atoms with van der Waals surface area (Å²) in [7, 11) is 0. The van der Waals surface area contributed by atoms with E-state index < -0.39 is 0 Å². The second-order valence-electron chi connectivity index (χ2n) is 5.32. The molecule has 0 fully saturated rings. The molecule has 0 unspecified atom stereocenters. The molecule has 0 amide bonds. The summed E-state index contributed by atoms with van der Waals surface area (Å²) in [6, 6.07) is 8.12. The number of aryl methyl sites for hydroxylation is 2. The number of anilines is 1. The third-order valence-corrected chi connectivity index (χ3v) is 4.08. The number of rotatable bonds is 1. The molecular weight excluding hydrogens is 262 g/mol. The van der Waals surface area contributed by atoms with Crippen LogP contribution in [0, 0.1) is 13.8 Å². The van der Waals surface area contributed by atoms with Gasteiger partial charge >= 0.3 is 0 Å². The minimum atomic E-state index is 0.570. The molecule has 1 aromatic carbocycles. The third-order valence-electron chi connectivity index (χ3n) is 4.08. The molecule has 4 N–H and O–H groups in total. The van der Waals surface area contributed by atoms with Crippen LogP contribution in [0.15, 0.2) is 30.5 Å². The number of fused-ring (bicyclic) bond motifs is 3. The van der Waals surface area contributed by atoms with Gasteiger partial charge in [0.05, 0.1) is 16.7 Å². The molecule has 0 saturated carbocycles. The van der Waals surface area contributed by atoms with Crippen LogP contribution in [0.2, 0.25) is 0 Å². The number of nitrogens with one attached hydrogen (secondary N) is 2. The molecule has 3 aromatic heterocycles. The topological polar surface area (TPSA) is 83.4 Å². The van der Waals surface area contributed by atoms with Crippen molar-refractivity contribution in [1.29, 1.82) is 0 Å². The Morgan fingerprint density at radius 1 is 1.14 bits per heavy atom. The second-order valence-corrected chi connectivity index (χ2v) is 5.32. The van der Waals surface area contributed by atoms with Crippen molar-refractivity contribution < 1.29 is 0 Å². The molecule has 0 aliphatic carbocycles. The number of nitrogens with zero attached hydrogens (tertiary/aromatic N) is 2. The normalized spacial score (nSPS) is 11.5. The van der Waals surface area contributed by atoms with E-state index in [1.165, 1.54) is 0 Å². The van der Waals surface area contributed by atoms with E-state index in [2.05, 4.69) is 46.1 Å². The maximum Gasteiger partial charge on any atom is 0.133 e. The lowest BCUT2D eigenvalue weighted by molar-refractivity contribution is 1.10. The van der Waals surface area contributed by atoms with Crippen LogP contribution in [0.5, 0.6) is 0 Å². The first-order valence-corrected chi connectivity index (χ1v) is 6.83. The first-order chi connectivity index (χ1) is 10.1. The molecule has 0 atom stereocenters. The number of benzene rings is 1. The Morgan fingerprint density at radius 3 is 2.76 bits per heavy atom. The number of hydrogen-bond donors (Lipinski definition) is 3. The standard InChI is InChI=1S/C16H15N5/c1-8-9(2)19-15-11-4-3-10(12-5-6-18-21-12)7-13(11)20-16(17)14(8)15/h3-7,19H,1-2H3,(H2,17,20)(H,18,21). The summed E-state index contributed by atoms with van der Waals surface area (Å²) in [5.74, 6) is 0.570. The number of H-pyrrole nitrogens is 2. The van der Waals surface area contributed by atoms with Crippen LogP contribution >= 0.6 is 0 Å². The van der Waals surface area contributed by atoms with Gasteiger partial charge in [0.25, 0.3) is 0 Å². The zero-order valence-electron chi connectivity index (χ0n) is 11.9. The summed E-state index contributed by atoms with van der Waals surface area (Å²) < 4.78 is 0. The molecule has 104 valence electrons. The van der Waals surface area contributed by atoms with Crippen molar-refractivity contribution in [3.63, 3.8) is 0 Å². The van der Waals surface area contributed by atoms with Gasteiger partial charge in [0.15, 0.2) is 0 Å². The predicted molar refractivity (Wildman–Crippen MR) is 85.1 cm³/mol. The van der Waals surface area contributed by atoms with E-state index in [1.807, 2.05) is 12.1 Å². The maximum absolute atomic E-state index is 6.15. The van der Waals surface area contributed by atoms with Crippen LogP contribution in [0.25, 0.3) is 33.1 Å². The highest BCUT2D eigenvalue weighted by Crippen LogP contribution is 2.33. The zero-order chi connectivity index (χ0) is 14.6. The quantitative estimate of drug-likeness (QED) is 0.499. The Hall–Kier alpha value is -2.82. The van der Waals surface area contributed by atoms with Gasteiger partial charge in [-0.25, -0.2) is 4.98 Å². The summed E-state index contributed by atoms with van der Waals surface area (Å²) in [6.07, 6.45) is 1.74. The van der Waals surface area contributed by atoms with Crippen molar-refractivity contribution in [3.05, 3.63) is 41.7 Å². The molecule has 0 radical (unpaired) electrons. The molecular formula is C16H15N5. The summed E-state index contributed by atoms with van der Waals surface area (Å²) >= 11 is 0. The fourth-order valence-electron chi connectivity index (χ4n) is 2.85. The van der Waals surface area contributed by atoms with Crippen molar-refractivity contribution in [2.75, 3.05) is 5.73 Å². The van der Waals surface area contributed by atoms with Gasteiger partial charge in [-0.05, 0) is 31.5 Å². The second kappa shape index (κ2) is 4.09. The van der Waals surface area contributed by atoms with Crippen LogP contribution < -0.4 is 5.73 Å². The van der Waals surface area contributed by atoms with Gasteiger partial charge < -0.3 is 10.7 Å². The number of aromatic amines is 2. The first-order valence-electron chi connectivity index (χ1n) is 6.83. The van der Waals surface area contributed by atoms with E-state index >= 15 is 0 Å². The van der Waals surface area contributed by atoms with E-state index in [0.717, 1.165) is 44.3 Å². The Morgan fingerprint density at radius 2 is 2.00 bits per heavy atom. The number of nitrogens with two attached hydrogens (primary N) is 1. The van der Waals surface area contributed by atoms with Crippen molar-refractivity contribution in [1.82, 2.24) is 20.2 Å². The minimum absolute atomic E-state index is 0.570. The summed E-state index contributed by atoms with van der Waals surface area (Å²) in [6.45, 7) is 4.12. The molecule has 4 rings (SSSR count). The number of hydrogen-bond acceptors (Lipinski definition) is 3. The van der Waals surface area contributed by atoms with Gasteiger partial charge in [0.1, 0.15) is 5.82 Å². The van der Waals surface area contributed by atoms with Gasteiger partial charge in [0.2, 0.25) is 0 Å². The van der Waals surface area contributed by atoms with Crippen LogP contribution in [0.3, 0.4) is 0 Å². The van der Waals surface area contributed by atoms with Crippen LogP contribution in [0.1, 0.15) is 11.3 Å². The molecule has 0 aliphatic heterocycles. The molecule has 0 saturated heterocycles. The maximum atomic E-state index is 6.15. The predicted octanol–water partition coefficient (Wildman–Crippen LogP) is 3.31. The Labute approximate surface area is 121 Å².